The summed E-state index contributed by atoms with van der Waals surface area (Å²) in [4.78, 5) is 4.63. The topological polar surface area (TPSA) is 56.8 Å². The average Bonchev–Trinajstić information content (AvgIpc) is 2.72. The molecule has 2 aromatic rings. The molecule has 1 unspecified atom stereocenters. The van der Waals surface area contributed by atoms with E-state index in [4.69, 9.17) is 15.2 Å². The Morgan fingerprint density at radius 3 is 2.69 bits per heavy atom. The first-order valence-corrected chi connectivity index (χ1v) is 10.6. The van der Waals surface area contributed by atoms with Gasteiger partial charge in [0.15, 0.2) is 5.17 Å². The van der Waals surface area contributed by atoms with Crippen LogP contribution in [0.4, 0.5) is 8.78 Å². The molecule has 2 aromatic carbocycles. The average molecular weight is 419 g/mol. The third-order valence-electron chi connectivity index (χ3n) is 5.95. The summed E-state index contributed by atoms with van der Waals surface area (Å²) < 4.78 is 39.7. The van der Waals surface area contributed by atoms with Crippen molar-refractivity contribution in [2.45, 2.75) is 31.1 Å². The molecular formula is C22H24F2N2O2S. The highest BCUT2D eigenvalue weighted by atomic mass is 32.2. The molecule has 4 nitrogen and oxygen atoms in total. The van der Waals surface area contributed by atoms with E-state index < -0.39 is 17.2 Å². The van der Waals surface area contributed by atoms with Gasteiger partial charge < -0.3 is 15.2 Å². The molecular weight excluding hydrogens is 394 g/mol. The zero-order valence-electron chi connectivity index (χ0n) is 16.4. The largest absolute Gasteiger partial charge is 0.379 e. The van der Waals surface area contributed by atoms with Gasteiger partial charge in [-0.1, -0.05) is 42.1 Å². The molecule has 0 aromatic heterocycles. The lowest BCUT2D eigenvalue weighted by Gasteiger charge is -2.46. The normalized spacial score (nSPS) is 27.8. The standard InChI is InChI=1S/C22H24F2N2O2S/c1-13(27-2)14-3-5-15(6-4-14)20-9-16-11-29-21(25)26-22(16,12-28-20)18-8-7-17(23)10-19(18)24/h3-8,10,13,16,20H,9,11-12H2,1-2H3,(H2,25,26)/t13?,16-,20+,22-/m0/s1. The Morgan fingerprint density at radius 2 is 2.00 bits per heavy atom. The van der Waals surface area contributed by atoms with Gasteiger partial charge in [0.2, 0.25) is 0 Å². The van der Waals surface area contributed by atoms with Gasteiger partial charge in [0.25, 0.3) is 0 Å². The van der Waals surface area contributed by atoms with Crippen molar-refractivity contribution >= 4 is 16.9 Å². The molecule has 0 aliphatic carbocycles. The van der Waals surface area contributed by atoms with Crippen molar-refractivity contribution in [1.82, 2.24) is 0 Å². The number of hydrogen-bond donors (Lipinski definition) is 1. The molecule has 4 atom stereocenters. The molecule has 4 rings (SSSR count). The molecule has 0 saturated carbocycles. The molecule has 2 N–H and O–H groups in total. The van der Waals surface area contributed by atoms with Crippen molar-refractivity contribution in [3.05, 3.63) is 70.8 Å². The molecule has 0 bridgehead atoms. The van der Waals surface area contributed by atoms with Crippen LogP contribution in [0.2, 0.25) is 0 Å². The monoisotopic (exact) mass is 418 g/mol. The second-order valence-corrected chi connectivity index (χ2v) is 8.63. The number of ether oxygens (including phenoxy) is 2. The highest BCUT2D eigenvalue weighted by Crippen LogP contribution is 2.49. The number of nitrogens with two attached hydrogens (primary N) is 1. The molecule has 0 amide bonds. The van der Waals surface area contributed by atoms with Crippen LogP contribution in [0.5, 0.6) is 0 Å². The minimum atomic E-state index is -0.922. The van der Waals surface area contributed by atoms with Crippen LogP contribution in [0.15, 0.2) is 47.5 Å². The summed E-state index contributed by atoms with van der Waals surface area (Å²) in [6.07, 6.45) is 0.593. The predicted octanol–water partition coefficient (Wildman–Crippen LogP) is 4.71. The number of hydrogen-bond acceptors (Lipinski definition) is 5. The van der Waals surface area contributed by atoms with Crippen molar-refractivity contribution in [3.63, 3.8) is 0 Å². The van der Waals surface area contributed by atoms with E-state index in [-0.39, 0.29) is 24.7 Å². The summed E-state index contributed by atoms with van der Waals surface area (Å²) in [6, 6.07) is 11.8. The Hall–Kier alpha value is -1.96. The van der Waals surface area contributed by atoms with Crippen LogP contribution in [-0.4, -0.2) is 24.6 Å². The minimum Gasteiger partial charge on any atom is -0.379 e. The second kappa shape index (κ2) is 8.05. The first-order chi connectivity index (χ1) is 13.9. The van der Waals surface area contributed by atoms with Crippen LogP contribution in [0.3, 0.4) is 0 Å². The minimum absolute atomic E-state index is 0.0242. The van der Waals surface area contributed by atoms with Gasteiger partial charge in [-0.3, -0.25) is 0 Å². The summed E-state index contributed by atoms with van der Waals surface area (Å²) in [6.45, 7) is 2.20. The predicted molar refractivity (Wildman–Crippen MR) is 111 cm³/mol. The van der Waals surface area contributed by atoms with Crippen LogP contribution >= 0.6 is 11.8 Å². The maximum Gasteiger partial charge on any atom is 0.154 e. The summed E-state index contributed by atoms with van der Waals surface area (Å²) in [7, 11) is 1.68. The van der Waals surface area contributed by atoms with Gasteiger partial charge in [0, 0.05) is 30.4 Å². The molecule has 154 valence electrons. The highest BCUT2D eigenvalue weighted by Gasteiger charge is 2.49. The molecule has 0 radical (unpaired) electrons. The van der Waals surface area contributed by atoms with Gasteiger partial charge in [0.05, 0.1) is 18.8 Å². The lowest BCUT2D eigenvalue weighted by molar-refractivity contribution is -0.0588. The number of methoxy groups -OCH3 is 1. The Balaban J connectivity index is 1.63. The molecule has 2 aliphatic heterocycles. The number of rotatable bonds is 4. The maximum absolute atomic E-state index is 14.7. The van der Waals surface area contributed by atoms with E-state index in [9.17, 15) is 8.78 Å². The Labute approximate surface area is 173 Å². The van der Waals surface area contributed by atoms with Gasteiger partial charge in [-0.2, -0.15) is 0 Å². The number of aliphatic imine (C=N–C) groups is 1. The maximum atomic E-state index is 14.7. The van der Waals surface area contributed by atoms with Crippen LogP contribution in [0.1, 0.15) is 42.2 Å². The molecule has 2 aliphatic rings. The molecule has 7 heteroatoms. The number of amidine groups is 1. The zero-order valence-corrected chi connectivity index (χ0v) is 17.2. The third-order valence-corrected chi connectivity index (χ3v) is 6.91. The molecule has 2 heterocycles. The van der Waals surface area contributed by atoms with E-state index in [0.29, 0.717) is 22.9 Å². The van der Waals surface area contributed by atoms with E-state index >= 15 is 0 Å². The summed E-state index contributed by atoms with van der Waals surface area (Å²) in [5.41, 5.74) is 7.58. The van der Waals surface area contributed by atoms with E-state index in [2.05, 4.69) is 17.1 Å². The number of thioether (sulfide) groups is 1. The van der Waals surface area contributed by atoms with Crippen molar-refractivity contribution in [2.75, 3.05) is 19.5 Å². The Bertz CT molecular complexity index is 922. The van der Waals surface area contributed by atoms with Crippen LogP contribution in [-0.2, 0) is 15.0 Å². The zero-order chi connectivity index (χ0) is 20.6. The van der Waals surface area contributed by atoms with Gasteiger partial charge in [-0.15, -0.1) is 0 Å². The van der Waals surface area contributed by atoms with E-state index in [1.54, 1.807) is 7.11 Å². The smallest absolute Gasteiger partial charge is 0.154 e. The van der Waals surface area contributed by atoms with Gasteiger partial charge >= 0.3 is 0 Å². The first-order valence-electron chi connectivity index (χ1n) is 9.61. The number of nitrogens with zero attached hydrogens (tertiary/aromatic N) is 1. The van der Waals surface area contributed by atoms with Gasteiger partial charge in [-0.05, 0) is 30.5 Å². The fourth-order valence-corrected chi connectivity index (χ4v) is 5.17. The fourth-order valence-electron chi connectivity index (χ4n) is 4.16. The van der Waals surface area contributed by atoms with Crippen molar-refractivity contribution in [2.24, 2.45) is 16.6 Å². The van der Waals surface area contributed by atoms with E-state index in [1.165, 1.54) is 23.9 Å². The van der Waals surface area contributed by atoms with Crippen LogP contribution in [0, 0.1) is 17.6 Å². The quantitative estimate of drug-likeness (QED) is 0.782. The lowest BCUT2D eigenvalue weighted by atomic mass is 9.74. The van der Waals surface area contributed by atoms with Crippen LogP contribution in [0.25, 0.3) is 0 Å². The Morgan fingerprint density at radius 1 is 1.24 bits per heavy atom. The number of halogens is 2. The molecule has 29 heavy (non-hydrogen) atoms. The lowest BCUT2D eigenvalue weighted by Crippen LogP contribution is -2.48. The summed E-state index contributed by atoms with van der Waals surface area (Å²) >= 11 is 1.47. The first kappa shape index (κ1) is 20.3. The Kier molecular flexibility index (Phi) is 5.64. The summed E-state index contributed by atoms with van der Waals surface area (Å²) in [5, 5.41) is 0.407. The molecule has 1 fully saturated rings. The fraction of sp³-hybridized carbons (Fsp3) is 0.409. The van der Waals surface area contributed by atoms with E-state index in [1.807, 2.05) is 19.1 Å². The number of fused-ring (bicyclic) bond motifs is 1. The number of benzene rings is 2. The van der Waals surface area contributed by atoms with Crippen molar-refractivity contribution in [3.8, 4) is 0 Å². The van der Waals surface area contributed by atoms with Crippen molar-refractivity contribution in [1.29, 1.82) is 0 Å². The second-order valence-electron chi connectivity index (χ2n) is 7.59. The summed E-state index contributed by atoms with van der Waals surface area (Å²) in [5.74, 6) is -0.485. The highest BCUT2D eigenvalue weighted by molar-refractivity contribution is 8.13. The van der Waals surface area contributed by atoms with Gasteiger partial charge in [0.1, 0.15) is 17.2 Å². The van der Waals surface area contributed by atoms with Crippen LogP contribution < -0.4 is 5.73 Å². The SMILES string of the molecule is COC(C)c1ccc([C@H]2C[C@H]3CSC(N)=N[C@@]3(c3ccc(F)cc3F)CO2)cc1. The van der Waals surface area contributed by atoms with Gasteiger partial charge in [-0.25, -0.2) is 13.8 Å². The molecule has 0 spiro atoms. The third kappa shape index (κ3) is 3.79. The molecule has 1 saturated heterocycles. The van der Waals surface area contributed by atoms with Crippen molar-refractivity contribution < 1.29 is 18.3 Å². The van der Waals surface area contributed by atoms with E-state index in [0.717, 1.165) is 17.2 Å².